The maximum atomic E-state index is 11.5. The van der Waals surface area contributed by atoms with Gasteiger partial charge in [0.1, 0.15) is 0 Å². The zero-order valence-corrected chi connectivity index (χ0v) is 12.9. The Hall–Kier alpha value is -1.81. The third kappa shape index (κ3) is 3.39. The van der Waals surface area contributed by atoms with Gasteiger partial charge in [0.05, 0.1) is 6.04 Å². The average Bonchev–Trinajstić information content (AvgIpc) is 2.96. The normalized spacial score (nSPS) is 11.9. The van der Waals surface area contributed by atoms with Gasteiger partial charge < -0.3 is 10.6 Å². The molecule has 1 heterocycles. The van der Waals surface area contributed by atoms with Crippen LogP contribution in [0.5, 0.6) is 0 Å². The van der Waals surface area contributed by atoms with Crippen LogP contribution in [0.4, 0.5) is 5.69 Å². The van der Waals surface area contributed by atoms with Crippen LogP contribution in [0.2, 0.25) is 0 Å². The molecule has 0 aliphatic carbocycles. The first kappa shape index (κ1) is 14.6. The van der Waals surface area contributed by atoms with Gasteiger partial charge in [-0.05, 0) is 49.7 Å². The van der Waals surface area contributed by atoms with Crippen molar-refractivity contribution in [3.05, 3.63) is 51.7 Å². The second-order valence-electron chi connectivity index (χ2n) is 4.68. The summed E-state index contributed by atoms with van der Waals surface area (Å²) in [5, 5.41) is 6.08. The van der Waals surface area contributed by atoms with E-state index in [0.717, 1.165) is 12.1 Å². The minimum atomic E-state index is -0.0598. The van der Waals surface area contributed by atoms with E-state index in [4.69, 9.17) is 0 Å². The molecule has 1 unspecified atom stereocenters. The lowest BCUT2D eigenvalue weighted by atomic mass is 10.2. The standard InChI is InChI=1S/C16H20N2OS/c1-4-14-9-10-15(20-14)11(2)18-13-7-5-12(6-8-13)16(19)17-3/h5-11,18H,4H2,1-3H3,(H,17,19). The van der Waals surface area contributed by atoms with Gasteiger partial charge in [-0.15, -0.1) is 11.3 Å². The van der Waals surface area contributed by atoms with Crippen LogP contribution in [-0.4, -0.2) is 13.0 Å². The molecule has 4 heteroatoms. The van der Waals surface area contributed by atoms with Crippen LogP contribution in [0.25, 0.3) is 0 Å². The summed E-state index contributed by atoms with van der Waals surface area (Å²) >= 11 is 1.85. The topological polar surface area (TPSA) is 41.1 Å². The molecule has 1 atom stereocenters. The summed E-state index contributed by atoms with van der Waals surface area (Å²) in [7, 11) is 1.64. The van der Waals surface area contributed by atoms with Gasteiger partial charge in [0, 0.05) is 28.1 Å². The first-order chi connectivity index (χ1) is 9.63. The van der Waals surface area contributed by atoms with E-state index in [-0.39, 0.29) is 11.9 Å². The summed E-state index contributed by atoms with van der Waals surface area (Å²) in [6.07, 6.45) is 1.08. The number of hydrogen-bond donors (Lipinski definition) is 2. The molecule has 0 fully saturated rings. The van der Waals surface area contributed by atoms with Gasteiger partial charge >= 0.3 is 0 Å². The molecule has 0 aliphatic heterocycles. The van der Waals surface area contributed by atoms with Gasteiger partial charge in [0.25, 0.3) is 5.91 Å². The van der Waals surface area contributed by atoms with Gasteiger partial charge in [-0.25, -0.2) is 0 Å². The van der Waals surface area contributed by atoms with E-state index >= 15 is 0 Å². The third-order valence-electron chi connectivity index (χ3n) is 3.22. The van der Waals surface area contributed by atoms with Crippen molar-refractivity contribution >= 4 is 22.9 Å². The second-order valence-corrected chi connectivity index (χ2v) is 5.88. The molecule has 0 radical (unpaired) electrons. The second kappa shape index (κ2) is 6.57. The van der Waals surface area contributed by atoms with Gasteiger partial charge in [0.2, 0.25) is 0 Å². The van der Waals surface area contributed by atoms with E-state index in [0.29, 0.717) is 5.56 Å². The van der Waals surface area contributed by atoms with Crippen LogP contribution in [0, 0.1) is 0 Å². The largest absolute Gasteiger partial charge is 0.378 e. The lowest BCUT2D eigenvalue weighted by molar-refractivity contribution is 0.0963. The van der Waals surface area contributed by atoms with Crippen LogP contribution in [0.1, 0.15) is 40.0 Å². The van der Waals surface area contributed by atoms with E-state index in [9.17, 15) is 4.79 Å². The first-order valence-electron chi connectivity index (χ1n) is 6.81. The number of thiophene rings is 1. The van der Waals surface area contributed by atoms with Crippen LogP contribution >= 0.6 is 11.3 Å². The Morgan fingerprint density at radius 1 is 1.20 bits per heavy atom. The Labute approximate surface area is 124 Å². The number of anilines is 1. The minimum absolute atomic E-state index is 0.0598. The van der Waals surface area contributed by atoms with Gasteiger partial charge in [-0.2, -0.15) is 0 Å². The number of benzene rings is 1. The van der Waals surface area contributed by atoms with Gasteiger partial charge in [-0.3, -0.25) is 4.79 Å². The summed E-state index contributed by atoms with van der Waals surface area (Å²) in [6.45, 7) is 4.32. The summed E-state index contributed by atoms with van der Waals surface area (Å²) in [5.74, 6) is -0.0598. The fourth-order valence-corrected chi connectivity index (χ4v) is 2.96. The molecular formula is C16H20N2OS. The van der Waals surface area contributed by atoms with Crippen molar-refractivity contribution in [2.24, 2.45) is 0 Å². The minimum Gasteiger partial charge on any atom is -0.378 e. The molecule has 0 saturated heterocycles. The summed E-state index contributed by atoms with van der Waals surface area (Å²) in [5.41, 5.74) is 1.70. The number of carbonyl (C=O) groups is 1. The van der Waals surface area contributed by atoms with Crippen LogP contribution in [-0.2, 0) is 6.42 Å². The Morgan fingerprint density at radius 3 is 2.45 bits per heavy atom. The number of aryl methyl sites for hydroxylation is 1. The predicted octanol–water partition coefficient (Wildman–Crippen LogP) is 3.84. The summed E-state index contributed by atoms with van der Waals surface area (Å²) in [6, 6.07) is 12.2. The van der Waals surface area contributed by atoms with E-state index in [1.165, 1.54) is 9.75 Å². The number of nitrogens with one attached hydrogen (secondary N) is 2. The fraction of sp³-hybridized carbons (Fsp3) is 0.312. The van der Waals surface area contributed by atoms with Crippen LogP contribution < -0.4 is 10.6 Å². The van der Waals surface area contributed by atoms with Crippen LogP contribution in [0.15, 0.2) is 36.4 Å². The lowest BCUT2D eigenvalue weighted by Gasteiger charge is -2.14. The number of amides is 1. The van der Waals surface area contributed by atoms with Gasteiger partial charge in [-0.1, -0.05) is 6.92 Å². The Bertz CT molecular complexity index is 574. The smallest absolute Gasteiger partial charge is 0.251 e. The highest BCUT2D eigenvalue weighted by atomic mass is 32.1. The van der Waals surface area contributed by atoms with Crippen molar-refractivity contribution in [1.82, 2.24) is 5.32 Å². The molecule has 0 saturated carbocycles. The van der Waals surface area contributed by atoms with Crippen molar-refractivity contribution in [2.45, 2.75) is 26.3 Å². The fourth-order valence-electron chi connectivity index (χ4n) is 2.00. The number of rotatable bonds is 5. The molecule has 1 aromatic heterocycles. The van der Waals surface area contributed by atoms with E-state index < -0.39 is 0 Å². The highest BCUT2D eigenvalue weighted by Gasteiger charge is 2.09. The maximum absolute atomic E-state index is 11.5. The first-order valence-corrected chi connectivity index (χ1v) is 7.63. The van der Waals surface area contributed by atoms with Crippen molar-refractivity contribution in [2.75, 3.05) is 12.4 Å². The van der Waals surface area contributed by atoms with Crippen LogP contribution in [0.3, 0.4) is 0 Å². The molecule has 0 aliphatic rings. The molecular weight excluding hydrogens is 268 g/mol. The Morgan fingerprint density at radius 2 is 1.90 bits per heavy atom. The Kier molecular flexibility index (Phi) is 4.79. The highest BCUT2D eigenvalue weighted by molar-refractivity contribution is 7.12. The Balaban J connectivity index is 2.04. The van der Waals surface area contributed by atoms with Crippen molar-refractivity contribution in [3.8, 4) is 0 Å². The molecule has 3 nitrogen and oxygen atoms in total. The van der Waals surface area contributed by atoms with E-state index in [2.05, 4.69) is 36.6 Å². The third-order valence-corrected chi connectivity index (χ3v) is 4.63. The van der Waals surface area contributed by atoms with Crippen molar-refractivity contribution in [1.29, 1.82) is 0 Å². The molecule has 0 bridgehead atoms. The SMILES string of the molecule is CCc1ccc(C(C)Nc2ccc(C(=O)NC)cc2)s1. The molecule has 2 rings (SSSR count). The average molecular weight is 288 g/mol. The van der Waals surface area contributed by atoms with E-state index in [1.807, 2.05) is 35.6 Å². The molecule has 20 heavy (non-hydrogen) atoms. The van der Waals surface area contributed by atoms with Crippen molar-refractivity contribution in [3.63, 3.8) is 0 Å². The summed E-state index contributed by atoms with van der Waals surface area (Å²) in [4.78, 5) is 14.2. The quantitative estimate of drug-likeness (QED) is 0.877. The van der Waals surface area contributed by atoms with Crippen molar-refractivity contribution < 1.29 is 4.79 Å². The molecule has 0 spiro atoms. The lowest BCUT2D eigenvalue weighted by Crippen LogP contribution is -2.17. The van der Waals surface area contributed by atoms with E-state index in [1.54, 1.807) is 7.05 Å². The maximum Gasteiger partial charge on any atom is 0.251 e. The molecule has 1 amide bonds. The monoisotopic (exact) mass is 288 g/mol. The molecule has 1 aromatic carbocycles. The summed E-state index contributed by atoms with van der Waals surface area (Å²) < 4.78 is 0. The molecule has 2 N–H and O–H groups in total. The number of carbonyl (C=O) groups excluding carboxylic acids is 1. The van der Waals surface area contributed by atoms with Gasteiger partial charge in [0.15, 0.2) is 0 Å². The molecule has 106 valence electrons. The molecule has 2 aromatic rings. The zero-order chi connectivity index (χ0) is 14.5. The predicted molar refractivity (Wildman–Crippen MR) is 85.6 cm³/mol. The zero-order valence-electron chi connectivity index (χ0n) is 12.1. The number of hydrogen-bond acceptors (Lipinski definition) is 3. The highest BCUT2D eigenvalue weighted by Crippen LogP contribution is 2.26.